The molecule has 0 amide bonds. The predicted octanol–water partition coefficient (Wildman–Crippen LogP) is 6.37. The second-order valence-corrected chi connectivity index (χ2v) is 14.7. The van der Waals surface area contributed by atoms with Gasteiger partial charge in [-0.25, -0.2) is 0 Å². The van der Waals surface area contributed by atoms with Crippen molar-refractivity contribution in [2.75, 3.05) is 23.0 Å². The number of aromatic nitrogens is 1. The van der Waals surface area contributed by atoms with Crippen molar-refractivity contribution in [1.82, 2.24) is 0 Å². The van der Waals surface area contributed by atoms with E-state index < -0.39 is 20.2 Å². The predicted molar refractivity (Wildman–Crippen MR) is 164 cm³/mol. The molecule has 2 heterocycles. The van der Waals surface area contributed by atoms with Gasteiger partial charge in [0, 0.05) is 41.2 Å². The normalized spacial score (nSPS) is 15.1. The SMILES string of the molecule is CCC(=C/c1sc2ccc(Cl)cc2[n+]1CCCCS(=O)(=O)O)/C=C1/Oc2ccc(Cl)cc2N1CCCCS(=O)(=O)O. The third kappa shape index (κ3) is 8.90. The Hall–Kier alpha value is -2.19. The van der Waals surface area contributed by atoms with Crippen LogP contribution in [0.2, 0.25) is 10.0 Å². The van der Waals surface area contributed by atoms with Crippen molar-refractivity contribution in [3.8, 4) is 5.75 Å². The maximum atomic E-state index is 11.2. The van der Waals surface area contributed by atoms with Gasteiger partial charge in [0.15, 0.2) is 12.3 Å². The molecule has 222 valence electrons. The van der Waals surface area contributed by atoms with E-state index in [1.54, 1.807) is 29.5 Å². The largest absolute Gasteiger partial charge is 0.439 e. The number of aryl methyl sites for hydroxylation is 1. The van der Waals surface area contributed by atoms with Crippen LogP contribution in [-0.2, 0) is 26.8 Å². The van der Waals surface area contributed by atoms with Crippen molar-refractivity contribution in [3.63, 3.8) is 0 Å². The quantitative estimate of drug-likeness (QED) is 0.123. The minimum Gasteiger partial charge on any atom is -0.439 e. The average molecular weight is 663 g/mol. The fourth-order valence-electron chi connectivity index (χ4n) is 4.50. The zero-order valence-electron chi connectivity index (χ0n) is 22.3. The standard InChI is InChI=1S/C27H30Cl2N2O7S3/c1-2-19(15-26-30(11-3-5-13-40(32,33)34)22-17-20(28)7-9-24(22)38-26)16-27-31(12-4-6-14-41(35,36)37)23-18-21(29)8-10-25(23)39-27/h7-10,15-18H,2-6,11-14H2,1H3,(H-,32,33,34,35,36,37)/p+1. The minimum atomic E-state index is -4.04. The molecule has 1 aliphatic rings. The molecule has 1 aromatic heterocycles. The number of anilines is 1. The maximum Gasteiger partial charge on any atom is 0.264 e. The molecule has 0 fully saturated rings. The van der Waals surface area contributed by atoms with E-state index in [4.69, 9.17) is 37.0 Å². The molecule has 41 heavy (non-hydrogen) atoms. The number of nitrogens with zero attached hydrogens (tertiary/aromatic N) is 2. The van der Waals surface area contributed by atoms with E-state index in [1.807, 2.05) is 36.1 Å². The Balaban J connectivity index is 1.65. The van der Waals surface area contributed by atoms with Crippen molar-refractivity contribution in [2.45, 2.75) is 45.6 Å². The van der Waals surface area contributed by atoms with Crippen molar-refractivity contribution in [2.24, 2.45) is 0 Å². The fraction of sp³-hybridized carbons (Fsp3) is 0.370. The molecular weight excluding hydrogens is 631 g/mol. The van der Waals surface area contributed by atoms with Gasteiger partial charge < -0.3 is 9.64 Å². The molecule has 3 aromatic rings. The number of thiazole rings is 1. The summed E-state index contributed by atoms with van der Waals surface area (Å²) in [5.74, 6) is 0.599. The van der Waals surface area contributed by atoms with Crippen LogP contribution in [0.25, 0.3) is 16.3 Å². The summed E-state index contributed by atoms with van der Waals surface area (Å²) in [7, 11) is -8.06. The molecule has 2 aromatic carbocycles. The van der Waals surface area contributed by atoms with E-state index in [0.29, 0.717) is 60.5 Å². The lowest BCUT2D eigenvalue weighted by molar-refractivity contribution is -0.669. The molecular formula is C27H31Cl2N2O7S3+. The van der Waals surface area contributed by atoms with Crippen LogP contribution >= 0.6 is 34.5 Å². The second-order valence-electron chi connectivity index (χ2n) is 9.61. The van der Waals surface area contributed by atoms with Crippen LogP contribution in [0.4, 0.5) is 5.69 Å². The molecule has 0 spiro atoms. The zero-order valence-corrected chi connectivity index (χ0v) is 26.3. The molecule has 9 nitrogen and oxygen atoms in total. The van der Waals surface area contributed by atoms with Crippen molar-refractivity contribution in [3.05, 3.63) is 69.0 Å². The molecule has 0 atom stereocenters. The van der Waals surface area contributed by atoms with Crippen LogP contribution in [0, 0.1) is 0 Å². The van der Waals surface area contributed by atoms with Crippen LogP contribution < -0.4 is 14.2 Å². The third-order valence-corrected chi connectivity index (χ3v) is 9.67. The highest BCUT2D eigenvalue weighted by Crippen LogP contribution is 2.41. The number of hydrogen-bond donors (Lipinski definition) is 2. The summed E-state index contributed by atoms with van der Waals surface area (Å²) in [6, 6.07) is 11.0. The molecule has 0 saturated carbocycles. The fourth-order valence-corrected chi connectivity index (χ4v) is 7.11. The lowest BCUT2D eigenvalue weighted by Crippen LogP contribution is -2.35. The maximum absolute atomic E-state index is 11.2. The van der Waals surface area contributed by atoms with E-state index in [1.165, 1.54) is 0 Å². The lowest BCUT2D eigenvalue weighted by atomic mass is 10.1. The monoisotopic (exact) mass is 661 g/mol. The Morgan fingerprint density at radius 2 is 1.63 bits per heavy atom. The van der Waals surface area contributed by atoms with E-state index >= 15 is 0 Å². The summed E-state index contributed by atoms with van der Waals surface area (Å²) in [6.45, 7) is 3.02. The Bertz CT molecular complexity index is 1700. The summed E-state index contributed by atoms with van der Waals surface area (Å²) in [6.07, 6.45) is 6.33. The lowest BCUT2D eigenvalue weighted by Gasteiger charge is -2.18. The number of fused-ring (bicyclic) bond motifs is 2. The minimum absolute atomic E-state index is 0.289. The Morgan fingerprint density at radius 3 is 2.32 bits per heavy atom. The van der Waals surface area contributed by atoms with Gasteiger partial charge in [-0.15, -0.1) is 0 Å². The Labute approximate surface area is 254 Å². The van der Waals surface area contributed by atoms with Gasteiger partial charge in [0.05, 0.1) is 17.2 Å². The van der Waals surface area contributed by atoms with Gasteiger partial charge in [-0.2, -0.15) is 21.4 Å². The molecule has 0 radical (unpaired) electrons. The molecule has 0 aliphatic carbocycles. The van der Waals surface area contributed by atoms with Gasteiger partial charge in [-0.05, 0) is 61.6 Å². The number of benzene rings is 2. The number of ether oxygens (including phenoxy) is 1. The van der Waals surface area contributed by atoms with Crippen molar-refractivity contribution >= 4 is 76.8 Å². The van der Waals surface area contributed by atoms with E-state index in [2.05, 4.69) is 10.6 Å². The first-order chi connectivity index (χ1) is 19.3. The van der Waals surface area contributed by atoms with Gasteiger partial charge in [-0.1, -0.05) is 41.5 Å². The summed E-state index contributed by atoms with van der Waals surface area (Å²) in [5.41, 5.74) is 2.67. The number of rotatable bonds is 13. The smallest absolute Gasteiger partial charge is 0.264 e. The molecule has 14 heteroatoms. The summed E-state index contributed by atoms with van der Waals surface area (Å²) < 4.78 is 72.2. The second kappa shape index (κ2) is 13.4. The molecule has 0 saturated heterocycles. The topological polar surface area (TPSA) is 125 Å². The summed E-state index contributed by atoms with van der Waals surface area (Å²) in [4.78, 5) is 1.95. The first-order valence-electron chi connectivity index (χ1n) is 13.0. The third-order valence-electron chi connectivity index (χ3n) is 6.48. The van der Waals surface area contributed by atoms with E-state index in [9.17, 15) is 16.8 Å². The van der Waals surface area contributed by atoms with Gasteiger partial charge in [0.25, 0.3) is 25.2 Å². The highest BCUT2D eigenvalue weighted by molar-refractivity contribution is 7.86. The van der Waals surface area contributed by atoms with Crippen LogP contribution in [0.3, 0.4) is 0 Å². The molecule has 1 aliphatic heterocycles. The highest BCUT2D eigenvalue weighted by atomic mass is 35.5. The van der Waals surface area contributed by atoms with Crippen LogP contribution in [0.15, 0.2) is 53.9 Å². The number of unbranched alkanes of at least 4 members (excludes halogenated alkanes) is 2. The Morgan fingerprint density at radius 1 is 0.976 bits per heavy atom. The average Bonchev–Trinajstić information content (AvgIpc) is 3.39. The van der Waals surface area contributed by atoms with Crippen molar-refractivity contribution in [1.29, 1.82) is 0 Å². The van der Waals surface area contributed by atoms with Gasteiger partial charge >= 0.3 is 0 Å². The molecule has 0 unspecified atom stereocenters. The molecule has 4 rings (SSSR count). The van der Waals surface area contributed by atoms with Crippen LogP contribution in [0.5, 0.6) is 5.75 Å². The van der Waals surface area contributed by atoms with Gasteiger partial charge in [0.2, 0.25) is 11.4 Å². The van der Waals surface area contributed by atoms with Crippen molar-refractivity contribution < 1.29 is 35.2 Å². The van der Waals surface area contributed by atoms with E-state index in [-0.39, 0.29) is 17.9 Å². The first kappa shape index (κ1) is 31.7. The number of hydrogen-bond acceptors (Lipinski definition) is 7. The zero-order chi connectivity index (χ0) is 29.8. The number of allylic oxidation sites excluding steroid dienone is 2. The summed E-state index contributed by atoms with van der Waals surface area (Å²) in [5, 5.41) is 2.08. The highest BCUT2D eigenvalue weighted by Gasteiger charge is 2.27. The molecule has 0 bridgehead atoms. The number of halogens is 2. The van der Waals surface area contributed by atoms with Crippen LogP contribution in [0.1, 0.15) is 44.0 Å². The summed E-state index contributed by atoms with van der Waals surface area (Å²) >= 11 is 14.1. The Kier molecular flexibility index (Phi) is 10.4. The van der Waals surface area contributed by atoms with Gasteiger partial charge in [0.1, 0.15) is 4.70 Å². The molecule has 2 N–H and O–H groups in total. The van der Waals surface area contributed by atoms with Crippen LogP contribution in [-0.4, -0.2) is 44.0 Å². The van der Waals surface area contributed by atoms with E-state index in [0.717, 1.165) is 26.5 Å². The van der Waals surface area contributed by atoms with Gasteiger partial charge in [-0.3, -0.25) is 9.11 Å². The first-order valence-corrected chi connectivity index (χ1v) is 17.8.